The van der Waals surface area contributed by atoms with Crippen molar-refractivity contribution >= 4 is 11.7 Å². The molecule has 7 nitrogen and oxygen atoms in total. The van der Waals surface area contributed by atoms with Gasteiger partial charge in [0.15, 0.2) is 5.69 Å². The van der Waals surface area contributed by atoms with Crippen LogP contribution in [0.1, 0.15) is 17.4 Å². The molecular formula is C19H17N3O4. The van der Waals surface area contributed by atoms with Crippen molar-refractivity contribution in [1.82, 2.24) is 9.55 Å². The van der Waals surface area contributed by atoms with Gasteiger partial charge < -0.3 is 9.47 Å². The summed E-state index contributed by atoms with van der Waals surface area (Å²) in [7, 11) is 1.44. The highest BCUT2D eigenvalue weighted by Gasteiger charge is 2.27. The van der Waals surface area contributed by atoms with Crippen molar-refractivity contribution in [3.05, 3.63) is 65.2 Å². The highest BCUT2D eigenvalue weighted by molar-refractivity contribution is 5.95. The average Bonchev–Trinajstić information content (AvgIpc) is 3.08. The van der Waals surface area contributed by atoms with E-state index in [0.717, 1.165) is 5.56 Å². The lowest BCUT2D eigenvalue weighted by atomic mass is 10.1. The number of carbonyl (C=O) groups excluding carboxylic acids is 1. The lowest BCUT2D eigenvalue weighted by molar-refractivity contribution is 0.0520. The molecule has 0 saturated carbocycles. The first-order valence-corrected chi connectivity index (χ1v) is 8.03. The predicted molar refractivity (Wildman–Crippen MR) is 97.0 cm³/mol. The largest absolute Gasteiger partial charge is 0.468 e. The molecule has 0 fully saturated rings. The van der Waals surface area contributed by atoms with Gasteiger partial charge in [0.05, 0.1) is 25.1 Å². The van der Waals surface area contributed by atoms with Gasteiger partial charge in [-0.05, 0) is 24.2 Å². The normalized spacial score (nSPS) is 10.4. The van der Waals surface area contributed by atoms with Gasteiger partial charge >= 0.3 is 12.0 Å². The number of rotatable bonds is 6. The Bertz CT molecular complexity index is 935. The van der Waals surface area contributed by atoms with Crippen LogP contribution in [-0.2, 0) is 4.74 Å². The molecule has 1 aromatic heterocycles. The van der Waals surface area contributed by atoms with E-state index in [1.807, 2.05) is 30.3 Å². The number of methoxy groups -OCH3 is 1. The van der Waals surface area contributed by atoms with Crippen molar-refractivity contribution in [3.63, 3.8) is 0 Å². The number of hydrogen-bond acceptors (Lipinski definition) is 6. The van der Waals surface area contributed by atoms with Crippen LogP contribution in [0.3, 0.4) is 0 Å². The summed E-state index contributed by atoms with van der Waals surface area (Å²) in [5.41, 5.74) is 1.97. The molecule has 0 saturated heterocycles. The van der Waals surface area contributed by atoms with Gasteiger partial charge in [-0.3, -0.25) is 4.57 Å². The molecule has 0 atom stereocenters. The maximum atomic E-state index is 12.5. The number of hydrogen-bond donors (Lipinski definition) is 0. The smallest absolute Gasteiger partial charge is 0.359 e. The van der Waals surface area contributed by atoms with Crippen LogP contribution in [0, 0.1) is 4.91 Å². The van der Waals surface area contributed by atoms with E-state index in [1.54, 1.807) is 35.8 Å². The number of benzene rings is 2. The minimum Gasteiger partial charge on any atom is -0.468 e. The molecule has 2 aromatic carbocycles. The van der Waals surface area contributed by atoms with E-state index >= 15 is 0 Å². The number of ether oxygens (including phenoxy) is 2. The van der Waals surface area contributed by atoms with E-state index in [9.17, 15) is 9.70 Å². The molecule has 7 heteroatoms. The lowest BCUT2D eigenvalue weighted by Gasteiger charge is -2.13. The summed E-state index contributed by atoms with van der Waals surface area (Å²) in [6.07, 6.45) is 0. The molecule has 0 spiro atoms. The van der Waals surface area contributed by atoms with Gasteiger partial charge in [-0.2, -0.15) is 4.98 Å². The monoisotopic (exact) mass is 351 g/mol. The molecule has 0 amide bonds. The fourth-order valence-corrected chi connectivity index (χ4v) is 2.69. The van der Waals surface area contributed by atoms with Gasteiger partial charge in [0.2, 0.25) is 0 Å². The molecule has 0 radical (unpaired) electrons. The molecule has 0 bridgehead atoms. The SMILES string of the molecule is CCOC(=O)c1nc(OC)n(-c2ccccc2N=O)c1-c1ccccc1. The zero-order valence-electron chi connectivity index (χ0n) is 14.4. The first-order chi connectivity index (χ1) is 12.7. The van der Waals surface area contributed by atoms with Gasteiger partial charge in [0.25, 0.3) is 0 Å². The Kier molecular flexibility index (Phi) is 5.07. The summed E-state index contributed by atoms with van der Waals surface area (Å²) >= 11 is 0. The standard InChI is InChI=1S/C19H17N3O4/c1-3-26-18(23)16-17(13-9-5-4-6-10-13)22(19(20-16)25-2)15-12-8-7-11-14(15)21-24/h4-12H,3H2,1-2H3. The second-order valence-corrected chi connectivity index (χ2v) is 5.30. The van der Waals surface area contributed by atoms with E-state index < -0.39 is 5.97 Å². The second-order valence-electron chi connectivity index (χ2n) is 5.30. The summed E-state index contributed by atoms with van der Waals surface area (Å²) in [6.45, 7) is 1.94. The third-order valence-electron chi connectivity index (χ3n) is 3.77. The number of nitrogens with zero attached hydrogens (tertiary/aromatic N) is 3. The minimum atomic E-state index is -0.569. The molecule has 1 heterocycles. The van der Waals surface area contributed by atoms with Crippen LogP contribution < -0.4 is 4.74 Å². The Morgan fingerprint density at radius 2 is 1.81 bits per heavy atom. The molecule has 3 aromatic rings. The van der Waals surface area contributed by atoms with Crippen molar-refractivity contribution in [1.29, 1.82) is 0 Å². The summed E-state index contributed by atoms with van der Waals surface area (Å²) in [5.74, 6) is -0.569. The zero-order chi connectivity index (χ0) is 18.5. The number of carbonyl (C=O) groups is 1. The van der Waals surface area contributed by atoms with E-state index in [4.69, 9.17) is 9.47 Å². The first-order valence-electron chi connectivity index (χ1n) is 8.03. The molecule has 132 valence electrons. The van der Waals surface area contributed by atoms with E-state index in [-0.39, 0.29) is 24.0 Å². The fourth-order valence-electron chi connectivity index (χ4n) is 2.69. The molecule has 3 rings (SSSR count). The molecule has 0 unspecified atom stereocenters. The topological polar surface area (TPSA) is 82.8 Å². The van der Waals surface area contributed by atoms with E-state index in [1.165, 1.54) is 7.11 Å². The Balaban J connectivity index is 2.35. The Morgan fingerprint density at radius 1 is 1.12 bits per heavy atom. The van der Waals surface area contributed by atoms with E-state index in [2.05, 4.69) is 10.2 Å². The highest BCUT2D eigenvalue weighted by Crippen LogP contribution is 2.36. The van der Waals surface area contributed by atoms with Gasteiger partial charge in [0, 0.05) is 5.56 Å². The van der Waals surface area contributed by atoms with Crippen molar-refractivity contribution in [3.8, 4) is 23.0 Å². The van der Waals surface area contributed by atoms with Crippen LogP contribution in [0.15, 0.2) is 59.8 Å². The van der Waals surface area contributed by atoms with Crippen molar-refractivity contribution in [2.75, 3.05) is 13.7 Å². The summed E-state index contributed by atoms with van der Waals surface area (Å²) in [4.78, 5) is 28.0. The quantitative estimate of drug-likeness (QED) is 0.493. The lowest BCUT2D eigenvalue weighted by Crippen LogP contribution is -2.08. The van der Waals surface area contributed by atoms with Crippen molar-refractivity contribution in [2.45, 2.75) is 6.92 Å². The van der Waals surface area contributed by atoms with Crippen LogP contribution in [0.5, 0.6) is 6.01 Å². The van der Waals surface area contributed by atoms with Crippen LogP contribution in [0.25, 0.3) is 16.9 Å². The summed E-state index contributed by atoms with van der Waals surface area (Å²) in [5, 5.41) is 3.08. The number of esters is 1. The first kappa shape index (κ1) is 17.3. The van der Waals surface area contributed by atoms with Crippen molar-refractivity contribution < 1.29 is 14.3 Å². The number of nitroso groups, excluding NO2 is 1. The summed E-state index contributed by atoms with van der Waals surface area (Å²) in [6, 6.07) is 16.2. The maximum absolute atomic E-state index is 12.5. The Labute approximate surface area is 150 Å². The third-order valence-corrected chi connectivity index (χ3v) is 3.77. The predicted octanol–water partition coefficient (Wildman–Crippen LogP) is 4.12. The fraction of sp³-hybridized carbons (Fsp3) is 0.158. The van der Waals surface area contributed by atoms with Gasteiger partial charge in [-0.1, -0.05) is 42.5 Å². The average molecular weight is 351 g/mol. The third kappa shape index (κ3) is 3.06. The van der Waals surface area contributed by atoms with E-state index in [0.29, 0.717) is 11.4 Å². The van der Waals surface area contributed by atoms with Crippen LogP contribution >= 0.6 is 0 Å². The molecule has 0 N–H and O–H groups in total. The molecule has 0 aliphatic carbocycles. The van der Waals surface area contributed by atoms with Gasteiger partial charge in [0.1, 0.15) is 5.69 Å². The summed E-state index contributed by atoms with van der Waals surface area (Å²) < 4.78 is 12.1. The molecule has 26 heavy (non-hydrogen) atoms. The van der Waals surface area contributed by atoms with Crippen molar-refractivity contribution in [2.24, 2.45) is 5.18 Å². The van der Waals surface area contributed by atoms with Crippen LogP contribution in [0.2, 0.25) is 0 Å². The molecular weight excluding hydrogens is 334 g/mol. The second kappa shape index (κ2) is 7.60. The van der Waals surface area contributed by atoms with Crippen LogP contribution in [-0.4, -0.2) is 29.2 Å². The highest BCUT2D eigenvalue weighted by atomic mass is 16.5. The number of imidazole rings is 1. The molecule has 0 aliphatic rings. The maximum Gasteiger partial charge on any atom is 0.359 e. The number of para-hydroxylation sites is 1. The zero-order valence-corrected chi connectivity index (χ0v) is 14.4. The number of aromatic nitrogens is 2. The van der Waals surface area contributed by atoms with Gasteiger partial charge in [-0.25, -0.2) is 4.79 Å². The Hall–Kier alpha value is -3.48. The molecule has 0 aliphatic heterocycles. The minimum absolute atomic E-state index is 0.107. The van der Waals surface area contributed by atoms with Gasteiger partial charge in [-0.15, -0.1) is 4.91 Å². The Morgan fingerprint density at radius 3 is 2.46 bits per heavy atom. The van der Waals surface area contributed by atoms with Crippen LogP contribution in [0.4, 0.5) is 5.69 Å².